The molecule has 2 heterocycles. The quantitative estimate of drug-likeness (QED) is 0.670. The summed E-state index contributed by atoms with van der Waals surface area (Å²) in [7, 11) is 1.70. The van der Waals surface area contributed by atoms with E-state index in [0.29, 0.717) is 17.3 Å². The van der Waals surface area contributed by atoms with E-state index < -0.39 is 0 Å². The third-order valence-corrected chi connectivity index (χ3v) is 4.27. The summed E-state index contributed by atoms with van der Waals surface area (Å²) in [6, 6.07) is 10.9. The molecule has 1 amide bonds. The van der Waals surface area contributed by atoms with Gasteiger partial charge in [-0.3, -0.25) is 4.79 Å². The van der Waals surface area contributed by atoms with Crippen LogP contribution in [0.2, 0.25) is 0 Å². The number of aromatic nitrogens is 2. The van der Waals surface area contributed by atoms with Crippen LogP contribution in [0.15, 0.2) is 46.3 Å². The van der Waals surface area contributed by atoms with Gasteiger partial charge in [-0.15, -0.1) is 11.3 Å². The van der Waals surface area contributed by atoms with Crippen molar-refractivity contribution < 1.29 is 14.1 Å². The van der Waals surface area contributed by atoms with E-state index >= 15 is 0 Å². The largest absolute Gasteiger partial charge is 0.491 e. The maximum atomic E-state index is 12.5. The number of benzene rings is 1. The Bertz CT molecular complexity index is 826. The minimum absolute atomic E-state index is 0.0966. The third kappa shape index (κ3) is 4.24. The first-order valence-electron chi connectivity index (χ1n) is 7.91. The minimum Gasteiger partial charge on any atom is -0.491 e. The van der Waals surface area contributed by atoms with Gasteiger partial charge < -0.3 is 14.2 Å². The second kappa shape index (κ2) is 7.48. The first-order valence-corrected chi connectivity index (χ1v) is 8.79. The molecule has 3 rings (SSSR count). The second-order valence-electron chi connectivity index (χ2n) is 5.84. The fourth-order valence-electron chi connectivity index (χ4n) is 2.27. The van der Waals surface area contributed by atoms with Gasteiger partial charge in [-0.05, 0) is 49.6 Å². The number of ether oxygens (including phenoxy) is 1. The smallest absolute Gasteiger partial charge is 0.254 e. The van der Waals surface area contributed by atoms with E-state index in [0.717, 1.165) is 10.6 Å². The summed E-state index contributed by atoms with van der Waals surface area (Å²) < 4.78 is 10.8. The lowest BCUT2D eigenvalue weighted by Crippen LogP contribution is -2.26. The van der Waals surface area contributed by atoms with Crippen LogP contribution in [0, 0.1) is 0 Å². The van der Waals surface area contributed by atoms with Crippen LogP contribution in [0.4, 0.5) is 0 Å². The van der Waals surface area contributed by atoms with Crippen LogP contribution in [0.5, 0.6) is 5.75 Å². The summed E-state index contributed by atoms with van der Waals surface area (Å²) in [6.45, 7) is 4.17. The number of carbonyl (C=O) groups excluding carboxylic acids is 1. The average Bonchev–Trinajstić information content (AvgIpc) is 3.25. The fraction of sp³-hybridized carbons (Fsp3) is 0.278. The van der Waals surface area contributed by atoms with Crippen molar-refractivity contribution in [3.8, 4) is 16.5 Å². The number of hydrogen-bond acceptors (Lipinski definition) is 6. The highest BCUT2D eigenvalue weighted by atomic mass is 32.1. The number of hydrogen-bond donors (Lipinski definition) is 0. The number of nitrogens with zero attached hydrogens (tertiary/aromatic N) is 3. The van der Waals surface area contributed by atoms with Crippen LogP contribution in [-0.4, -0.2) is 34.1 Å². The normalized spacial score (nSPS) is 10.9. The molecule has 0 radical (unpaired) electrons. The molecule has 0 bridgehead atoms. The molecule has 3 aromatic rings. The zero-order valence-corrected chi connectivity index (χ0v) is 15.1. The molecule has 25 heavy (non-hydrogen) atoms. The molecule has 0 saturated carbocycles. The molecular formula is C18H19N3O3S. The van der Waals surface area contributed by atoms with E-state index in [1.54, 1.807) is 36.2 Å². The summed E-state index contributed by atoms with van der Waals surface area (Å²) in [5, 5.41) is 5.90. The molecule has 7 heteroatoms. The molecule has 130 valence electrons. The molecule has 0 atom stereocenters. The maximum Gasteiger partial charge on any atom is 0.254 e. The standard InChI is InChI=1S/C18H19N3O3S/c1-12(2)23-14-8-6-13(7-9-14)18(22)21(3)11-16-19-17(20-24-16)15-5-4-10-25-15/h4-10,12H,11H2,1-3H3. The summed E-state index contributed by atoms with van der Waals surface area (Å²) in [5.74, 6) is 1.57. The van der Waals surface area contributed by atoms with E-state index in [9.17, 15) is 4.79 Å². The van der Waals surface area contributed by atoms with E-state index in [-0.39, 0.29) is 18.6 Å². The van der Waals surface area contributed by atoms with Gasteiger partial charge in [0.15, 0.2) is 0 Å². The highest BCUT2D eigenvalue weighted by molar-refractivity contribution is 7.13. The van der Waals surface area contributed by atoms with Gasteiger partial charge in [0.25, 0.3) is 5.91 Å². The Kier molecular flexibility index (Phi) is 5.14. The van der Waals surface area contributed by atoms with Crippen LogP contribution in [0.3, 0.4) is 0 Å². The first-order chi connectivity index (χ1) is 12.0. The van der Waals surface area contributed by atoms with Crippen LogP contribution in [0.1, 0.15) is 30.1 Å². The molecule has 6 nitrogen and oxygen atoms in total. The van der Waals surface area contributed by atoms with Gasteiger partial charge in [0.1, 0.15) is 5.75 Å². The Hall–Kier alpha value is -2.67. The van der Waals surface area contributed by atoms with Crippen molar-refractivity contribution in [2.24, 2.45) is 0 Å². The Morgan fingerprint density at radius 3 is 2.68 bits per heavy atom. The van der Waals surface area contributed by atoms with Crippen molar-refractivity contribution in [3.05, 3.63) is 53.2 Å². The predicted molar refractivity (Wildman–Crippen MR) is 95.6 cm³/mol. The molecule has 0 unspecified atom stereocenters. The first kappa shape index (κ1) is 17.2. The number of carbonyl (C=O) groups is 1. The van der Waals surface area contributed by atoms with Crippen molar-refractivity contribution in [3.63, 3.8) is 0 Å². The van der Waals surface area contributed by atoms with Crippen LogP contribution in [0.25, 0.3) is 10.7 Å². The van der Waals surface area contributed by atoms with Crippen molar-refractivity contribution in [2.75, 3.05) is 7.05 Å². The average molecular weight is 357 g/mol. The summed E-state index contributed by atoms with van der Waals surface area (Å²) in [6.07, 6.45) is 0.0966. The SMILES string of the molecule is CC(C)Oc1ccc(C(=O)N(C)Cc2nc(-c3cccs3)no2)cc1. The Labute approximate surface area is 150 Å². The molecule has 0 fully saturated rings. The number of amides is 1. The molecule has 0 aliphatic rings. The van der Waals surface area contributed by atoms with Crippen LogP contribution >= 0.6 is 11.3 Å². The molecule has 0 aliphatic carbocycles. The van der Waals surface area contributed by atoms with E-state index in [1.165, 1.54) is 11.3 Å². The Morgan fingerprint density at radius 2 is 2.04 bits per heavy atom. The lowest BCUT2D eigenvalue weighted by molar-refractivity contribution is 0.0769. The van der Waals surface area contributed by atoms with E-state index in [1.807, 2.05) is 31.4 Å². The van der Waals surface area contributed by atoms with Crippen LogP contribution in [-0.2, 0) is 6.54 Å². The minimum atomic E-state index is -0.119. The monoisotopic (exact) mass is 357 g/mol. The molecule has 1 aromatic carbocycles. The van der Waals surface area contributed by atoms with Gasteiger partial charge in [0.2, 0.25) is 11.7 Å². The Balaban J connectivity index is 1.64. The van der Waals surface area contributed by atoms with Crippen LogP contribution < -0.4 is 4.74 Å². The molecule has 0 N–H and O–H groups in total. The highest BCUT2D eigenvalue weighted by Crippen LogP contribution is 2.22. The highest BCUT2D eigenvalue weighted by Gasteiger charge is 2.16. The van der Waals surface area contributed by atoms with Gasteiger partial charge in [-0.25, -0.2) is 0 Å². The molecule has 0 saturated heterocycles. The lowest BCUT2D eigenvalue weighted by atomic mass is 10.2. The summed E-state index contributed by atoms with van der Waals surface area (Å²) >= 11 is 1.54. The topological polar surface area (TPSA) is 68.5 Å². The summed E-state index contributed by atoms with van der Waals surface area (Å²) in [4.78, 5) is 19.3. The predicted octanol–water partition coefficient (Wildman–Crippen LogP) is 3.86. The van der Waals surface area contributed by atoms with Gasteiger partial charge in [0, 0.05) is 12.6 Å². The van der Waals surface area contributed by atoms with Crippen molar-refractivity contribution in [1.82, 2.24) is 15.0 Å². The van der Waals surface area contributed by atoms with Gasteiger partial charge in [-0.1, -0.05) is 11.2 Å². The Morgan fingerprint density at radius 1 is 1.28 bits per heavy atom. The molecule has 2 aromatic heterocycles. The number of thiophene rings is 1. The van der Waals surface area contributed by atoms with E-state index in [4.69, 9.17) is 9.26 Å². The zero-order chi connectivity index (χ0) is 17.8. The third-order valence-electron chi connectivity index (χ3n) is 3.40. The molecular weight excluding hydrogens is 338 g/mol. The molecule has 0 aliphatic heterocycles. The lowest BCUT2D eigenvalue weighted by Gasteiger charge is -2.15. The van der Waals surface area contributed by atoms with Crippen molar-refractivity contribution in [1.29, 1.82) is 0 Å². The van der Waals surface area contributed by atoms with Gasteiger partial charge >= 0.3 is 0 Å². The zero-order valence-electron chi connectivity index (χ0n) is 14.3. The van der Waals surface area contributed by atoms with Gasteiger partial charge in [-0.2, -0.15) is 4.98 Å². The van der Waals surface area contributed by atoms with Gasteiger partial charge in [0.05, 0.1) is 17.5 Å². The summed E-state index contributed by atoms with van der Waals surface area (Å²) in [5.41, 5.74) is 0.580. The van der Waals surface area contributed by atoms with E-state index in [2.05, 4.69) is 10.1 Å². The number of rotatable bonds is 6. The van der Waals surface area contributed by atoms with Crippen molar-refractivity contribution >= 4 is 17.2 Å². The maximum absolute atomic E-state index is 12.5. The molecule has 0 spiro atoms. The van der Waals surface area contributed by atoms with Crippen molar-refractivity contribution in [2.45, 2.75) is 26.5 Å². The second-order valence-corrected chi connectivity index (χ2v) is 6.79. The fourth-order valence-corrected chi connectivity index (χ4v) is 2.92.